The standard InChI is InChI=1S/C15H27NO2/c1-11-6-5-9-13(10-11)18-15(17)14(16)12-7-3-2-4-8-12/h11-14H,2-10,16H2,1H3. The molecule has 3 nitrogen and oxygen atoms in total. The zero-order valence-corrected chi connectivity index (χ0v) is 11.6. The third-order valence-electron chi connectivity index (χ3n) is 4.60. The number of hydrogen-bond acceptors (Lipinski definition) is 3. The van der Waals surface area contributed by atoms with Crippen molar-refractivity contribution in [3.63, 3.8) is 0 Å². The van der Waals surface area contributed by atoms with Crippen LogP contribution in [-0.4, -0.2) is 18.1 Å². The van der Waals surface area contributed by atoms with E-state index >= 15 is 0 Å². The lowest BCUT2D eigenvalue weighted by molar-refractivity contribution is -0.154. The summed E-state index contributed by atoms with van der Waals surface area (Å²) < 4.78 is 5.61. The van der Waals surface area contributed by atoms with Crippen LogP contribution < -0.4 is 5.73 Å². The van der Waals surface area contributed by atoms with Gasteiger partial charge in [-0.3, -0.25) is 4.79 Å². The molecule has 18 heavy (non-hydrogen) atoms. The quantitative estimate of drug-likeness (QED) is 0.787. The number of hydrogen-bond donors (Lipinski definition) is 1. The lowest BCUT2D eigenvalue weighted by atomic mass is 9.84. The van der Waals surface area contributed by atoms with Gasteiger partial charge in [0.1, 0.15) is 12.1 Å². The number of ether oxygens (including phenoxy) is 1. The second-order valence-electron chi connectivity index (χ2n) is 6.25. The number of carbonyl (C=O) groups is 1. The molecule has 2 saturated carbocycles. The number of carbonyl (C=O) groups excluding carboxylic acids is 1. The van der Waals surface area contributed by atoms with E-state index in [-0.39, 0.29) is 18.1 Å². The summed E-state index contributed by atoms with van der Waals surface area (Å²) in [5.41, 5.74) is 6.07. The minimum atomic E-state index is -0.387. The molecule has 0 bridgehead atoms. The maximum Gasteiger partial charge on any atom is 0.323 e. The summed E-state index contributed by atoms with van der Waals surface area (Å²) in [4.78, 5) is 12.1. The molecule has 0 aromatic carbocycles. The Morgan fingerprint density at radius 3 is 2.50 bits per heavy atom. The highest BCUT2D eigenvalue weighted by molar-refractivity contribution is 5.76. The van der Waals surface area contributed by atoms with Gasteiger partial charge in [-0.1, -0.05) is 32.6 Å². The van der Waals surface area contributed by atoms with Gasteiger partial charge in [0, 0.05) is 0 Å². The van der Waals surface area contributed by atoms with E-state index < -0.39 is 0 Å². The molecule has 2 fully saturated rings. The van der Waals surface area contributed by atoms with Crippen LogP contribution >= 0.6 is 0 Å². The zero-order valence-electron chi connectivity index (χ0n) is 11.6. The Balaban J connectivity index is 1.79. The third kappa shape index (κ3) is 3.71. The largest absolute Gasteiger partial charge is 0.461 e. The van der Waals surface area contributed by atoms with Crippen molar-refractivity contribution in [3.8, 4) is 0 Å². The first-order valence-electron chi connectivity index (χ1n) is 7.63. The Kier molecular flexibility index (Phi) is 5.04. The molecule has 0 amide bonds. The molecule has 0 aromatic rings. The molecule has 0 spiro atoms. The molecule has 2 aliphatic rings. The smallest absolute Gasteiger partial charge is 0.323 e. The van der Waals surface area contributed by atoms with Gasteiger partial charge in [-0.25, -0.2) is 0 Å². The summed E-state index contributed by atoms with van der Waals surface area (Å²) in [6, 6.07) is -0.387. The molecule has 0 saturated heterocycles. The van der Waals surface area contributed by atoms with Gasteiger partial charge in [0.15, 0.2) is 0 Å². The van der Waals surface area contributed by atoms with Crippen LogP contribution in [0.2, 0.25) is 0 Å². The fourth-order valence-electron chi connectivity index (χ4n) is 3.41. The van der Waals surface area contributed by atoms with E-state index in [9.17, 15) is 4.79 Å². The van der Waals surface area contributed by atoms with Crippen LogP contribution in [0.3, 0.4) is 0 Å². The lowest BCUT2D eigenvalue weighted by Crippen LogP contribution is -2.42. The SMILES string of the molecule is CC1CCCC(OC(=O)C(N)C2CCCCC2)C1. The van der Waals surface area contributed by atoms with Gasteiger partial charge in [0.25, 0.3) is 0 Å². The predicted molar refractivity (Wildman–Crippen MR) is 72.1 cm³/mol. The Morgan fingerprint density at radius 1 is 1.11 bits per heavy atom. The Bertz CT molecular complexity index is 274. The molecule has 3 heteroatoms. The van der Waals surface area contributed by atoms with Gasteiger partial charge >= 0.3 is 5.97 Å². The van der Waals surface area contributed by atoms with Gasteiger partial charge in [-0.2, -0.15) is 0 Å². The van der Waals surface area contributed by atoms with Crippen molar-refractivity contribution < 1.29 is 9.53 Å². The third-order valence-corrected chi connectivity index (χ3v) is 4.60. The van der Waals surface area contributed by atoms with Crippen LogP contribution in [-0.2, 0) is 9.53 Å². The number of esters is 1. The van der Waals surface area contributed by atoms with Crippen molar-refractivity contribution in [3.05, 3.63) is 0 Å². The molecule has 3 unspecified atom stereocenters. The van der Waals surface area contributed by atoms with E-state index in [4.69, 9.17) is 10.5 Å². The normalized spacial score (nSPS) is 31.9. The van der Waals surface area contributed by atoms with E-state index in [1.54, 1.807) is 0 Å². The molecule has 2 N–H and O–H groups in total. The molecule has 2 rings (SSSR count). The van der Waals surface area contributed by atoms with Gasteiger partial charge in [-0.05, 0) is 43.9 Å². The molecule has 0 radical (unpaired) electrons. The predicted octanol–water partition coefficient (Wildman–Crippen LogP) is 3.02. The highest BCUT2D eigenvalue weighted by atomic mass is 16.5. The van der Waals surface area contributed by atoms with E-state index in [1.807, 2.05) is 0 Å². The van der Waals surface area contributed by atoms with Crippen LogP contribution in [0.25, 0.3) is 0 Å². The number of nitrogens with two attached hydrogens (primary N) is 1. The van der Waals surface area contributed by atoms with Gasteiger partial charge < -0.3 is 10.5 Å². The van der Waals surface area contributed by atoms with Crippen molar-refractivity contribution in [2.75, 3.05) is 0 Å². The molecule has 0 heterocycles. The highest BCUT2D eigenvalue weighted by Crippen LogP contribution is 2.29. The Hall–Kier alpha value is -0.570. The van der Waals surface area contributed by atoms with E-state index in [1.165, 1.54) is 32.1 Å². The maximum absolute atomic E-state index is 12.1. The summed E-state index contributed by atoms with van der Waals surface area (Å²) in [5.74, 6) is 0.885. The summed E-state index contributed by atoms with van der Waals surface area (Å²) in [6.45, 7) is 2.24. The van der Waals surface area contributed by atoms with Crippen LogP contribution in [0.5, 0.6) is 0 Å². The van der Waals surface area contributed by atoms with Crippen molar-refractivity contribution in [1.29, 1.82) is 0 Å². The molecule has 0 aliphatic heterocycles. The van der Waals surface area contributed by atoms with Gasteiger partial charge in [0.2, 0.25) is 0 Å². The summed E-state index contributed by atoms with van der Waals surface area (Å²) in [5, 5.41) is 0. The highest BCUT2D eigenvalue weighted by Gasteiger charge is 2.30. The first kappa shape index (κ1) is 13.9. The lowest BCUT2D eigenvalue weighted by Gasteiger charge is -2.30. The van der Waals surface area contributed by atoms with E-state index in [0.29, 0.717) is 11.8 Å². The minimum absolute atomic E-state index is 0.121. The molecule has 104 valence electrons. The van der Waals surface area contributed by atoms with Gasteiger partial charge in [0.05, 0.1) is 0 Å². The van der Waals surface area contributed by atoms with Crippen LogP contribution in [0.4, 0.5) is 0 Å². The molecule has 3 atom stereocenters. The van der Waals surface area contributed by atoms with Crippen LogP contribution in [0, 0.1) is 11.8 Å². The fourth-order valence-corrected chi connectivity index (χ4v) is 3.41. The Morgan fingerprint density at radius 2 is 1.83 bits per heavy atom. The van der Waals surface area contributed by atoms with Crippen molar-refractivity contribution in [2.45, 2.75) is 76.9 Å². The number of rotatable bonds is 3. The Labute approximate surface area is 110 Å². The van der Waals surface area contributed by atoms with Crippen molar-refractivity contribution >= 4 is 5.97 Å². The van der Waals surface area contributed by atoms with Crippen LogP contribution in [0.15, 0.2) is 0 Å². The average molecular weight is 253 g/mol. The topological polar surface area (TPSA) is 52.3 Å². The molecular formula is C15H27NO2. The fraction of sp³-hybridized carbons (Fsp3) is 0.933. The van der Waals surface area contributed by atoms with Gasteiger partial charge in [-0.15, -0.1) is 0 Å². The second-order valence-corrected chi connectivity index (χ2v) is 6.25. The summed E-state index contributed by atoms with van der Waals surface area (Å²) in [7, 11) is 0. The molecule has 0 aromatic heterocycles. The van der Waals surface area contributed by atoms with E-state index in [2.05, 4.69) is 6.92 Å². The first-order chi connectivity index (χ1) is 8.66. The monoisotopic (exact) mass is 253 g/mol. The van der Waals surface area contributed by atoms with Crippen LogP contribution in [0.1, 0.15) is 64.7 Å². The average Bonchev–Trinajstić information content (AvgIpc) is 2.39. The first-order valence-corrected chi connectivity index (χ1v) is 7.63. The zero-order chi connectivity index (χ0) is 13.0. The van der Waals surface area contributed by atoms with Crippen molar-refractivity contribution in [2.24, 2.45) is 17.6 Å². The summed E-state index contributed by atoms with van der Waals surface area (Å²) >= 11 is 0. The maximum atomic E-state index is 12.1. The minimum Gasteiger partial charge on any atom is -0.461 e. The summed E-state index contributed by atoms with van der Waals surface area (Å²) in [6.07, 6.45) is 10.5. The molecular weight excluding hydrogens is 226 g/mol. The van der Waals surface area contributed by atoms with Crippen molar-refractivity contribution in [1.82, 2.24) is 0 Å². The molecule has 2 aliphatic carbocycles. The van der Waals surface area contributed by atoms with E-state index in [0.717, 1.165) is 25.7 Å². The second kappa shape index (κ2) is 6.55.